The van der Waals surface area contributed by atoms with Gasteiger partial charge in [-0.2, -0.15) is 9.67 Å². The number of nitrogens with one attached hydrogen (secondary N) is 1. The van der Waals surface area contributed by atoms with Crippen LogP contribution < -0.4 is 10.1 Å². The Labute approximate surface area is 149 Å². The summed E-state index contributed by atoms with van der Waals surface area (Å²) in [6.07, 6.45) is 6.78. The molecule has 0 saturated carbocycles. The van der Waals surface area contributed by atoms with Crippen LogP contribution in [0.15, 0.2) is 37.1 Å². The van der Waals surface area contributed by atoms with E-state index < -0.39 is 5.82 Å². The molecule has 0 spiro atoms. The number of hydrogen-bond donors (Lipinski definition) is 1. The normalized spacial score (nSPS) is 16.6. The molecule has 1 saturated heterocycles. The molecular formula is C17H17FN6O2. The highest BCUT2D eigenvalue weighted by Crippen LogP contribution is 2.30. The third kappa shape index (κ3) is 3.47. The van der Waals surface area contributed by atoms with Crippen LogP contribution in [0.4, 0.5) is 16.0 Å². The quantitative estimate of drug-likeness (QED) is 0.751. The highest BCUT2D eigenvalue weighted by atomic mass is 19.1. The fourth-order valence-corrected chi connectivity index (χ4v) is 2.66. The average Bonchev–Trinajstić information content (AvgIpc) is 3.32. The highest BCUT2D eigenvalue weighted by Gasteiger charge is 2.21. The van der Waals surface area contributed by atoms with Crippen molar-refractivity contribution in [3.8, 4) is 11.6 Å². The standard InChI is InChI=1S/C17H17FN6O2/c1-11-6-13(16(18)14(7-11)26-12-2-5-25-9-12)22-17-21-10-24(23-17)15-8-19-3-4-20-15/h3-4,6-8,10,12H,2,5,9H2,1H3,(H,22,23). The lowest BCUT2D eigenvalue weighted by Crippen LogP contribution is -2.17. The van der Waals surface area contributed by atoms with Crippen molar-refractivity contribution in [1.29, 1.82) is 0 Å². The van der Waals surface area contributed by atoms with Crippen LogP contribution in [-0.2, 0) is 4.74 Å². The van der Waals surface area contributed by atoms with Gasteiger partial charge in [-0.05, 0) is 24.6 Å². The first-order chi connectivity index (χ1) is 12.7. The molecule has 26 heavy (non-hydrogen) atoms. The van der Waals surface area contributed by atoms with Crippen LogP contribution in [0, 0.1) is 12.7 Å². The van der Waals surface area contributed by atoms with E-state index in [1.165, 1.54) is 11.0 Å². The number of aromatic nitrogens is 5. The van der Waals surface area contributed by atoms with E-state index >= 15 is 0 Å². The average molecular weight is 356 g/mol. The first-order valence-electron chi connectivity index (χ1n) is 8.18. The van der Waals surface area contributed by atoms with Crippen LogP contribution in [0.3, 0.4) is 0 Å². The van der Waals surface area contributed by atoms with Gasteiger partial charge in [-0.1, -0.05) is 0 Å². The first kappa shape index (κ1) is 16.4. The van der Waals surface area contributed by atoms with E-state index in [0.29, 0.717) is 19.0 Å². The predicted octanol–water partition coefficient (Wildman–Crippen LogP) is 2.42. The monoisotopic (exact) mass is 356 g/mol. The van der Waals surface area contributed by atoms with Gasteiger partial charge in [0.2, 0.25) is 5.95 Å². The summed E-state index contributed by atoms with van der Waals surface area (Å²) in [5.41, 5.74) is 1.10. The minimum absolute atomic E-state index is 0.131. The molecule has 0 aliphatic carbocycles. The van der Waals surface area contributed by atoms with Gasteiger partial charge >= 0.3 is 0 Å². The number of benzene rings is 1. The summed E-state index contributed by atoms with van der Waals surface area (Å²) in [6, 6.07) is 3.35. The largest absolute Gasteiger partial charge is 0.485 e. The van der Waals surface area contributed by atoms with Crippen molar-refractivity contribution in [3.63, 3.8) is 0 Å². The first-order valence-corrected chi connectivity index (χ1v) is 8.18. The van der Waals surface area contributed by atoms with Gasteiger partial charge < -0.3 is 14.8 Å². The minimum atomic E-state index is -0.488. The van der Waals surface area contributed by atoms with Crippen molar-refractivity contribution in [2.75, 3.05) is 18.5 Å². The van der Waals surface area contributed by atoms with Crippen molar-refractivity contribution in [2.45, 2.75) is 19.4 Å². The molecule has 4 rings (SSSR count). The summed E-state index contributed by atoms with van der Waals surface area (Å²) in [5.74, 6) is 0.466. The third-order valence-electron chi connectivity index (χ3n) is 3.89. The Kier molecular flexibility index (Phi) is 4.44. The Balaban J connectivity index is 1.56. The number of ether oxygens (including phenoxy) is 2. The predicted molar refractivity (Wildman–Crippen MR) is 91.2 cm³/mol. The van der Waals surface area contributed by atoms with E-state index in [1.54, 1.807) is 30.7 Å². The summed E-state index contributed by atoms with van der Waals surface area (Å²) >= 11 is 0. The molecule has 3 heterocycles. The Morgan fingerprint density at radius 1 is 1.31 bits per heavy atom. The van der Waals surface area contributed by atoms with Crippen LogP contribution in [0.1, 0.15) is 12.0 Å². The molecule has 1 unspecified atom stereocenters. The summed E-state index contributed by atoms with van der Waals surface area (Å²) < 4.78 is 27.3. The van der Waals surface area contributed by atoms with Crippen LogP contribution in [0.2, 0.25) is 0 Å². The minimum Gasteiger partial charge on any atom is -0.485 e. The van der Waals surface area contributed by atoms with Crippen molar-refractivity contribution < 1.29 is 13.9 Å². The second kappa shape index (κ2) is 7.04. The third-order valence-corrected chi connectivity index (χ3v) is 3.89. The smallest absolute Gasteiger partial charge is 0.247 e. The Bertz CT molecular complexity index is 896. The van der Waals surface area contributed by atoms with E-state index in [9.17, 15) is 4.39 Å². The molecular weight excluding hydrogens is 339 g/mol. The second-order valence-electron chi connectivity index (χ2n) is 5.93. The fraction of sp³-hybridized carbons (Fsp3) is 0.294. The lowest BCUT2D eigenvalue weighted by Gasteiger charge is -2.15. The Hall–Kier alpha value is -3.07. The summed E-state index contributed by atoms with van der Waals surface area (Å²) in [6.45, 7) is 2.97. The number of anilines is 2. The molecule has 9 heteroatoms. The van der Waals surface area contributed by atoms with Crippen LogP contribution in [0.25, 0.3) is 5.82 Å². The van der Waals surface area contributed by atoms with Crippen molar-refractivity contribution in [2.24, 2.45) is 0 Å². The topological polar surface area (TPSA) is 87.0 Å². The van der Waals surface area contributed by atoms with Gasteiger partial charge in [0.1, 0.15) is 12.4 Å². The molecule has 1 N–H and O–H groups in total. The molecule has 1 aliphatic heterocycles. The highest BCUT2D eigenvalue weighted by molar-refractivity contribution is 5.59. The second-order valence-corrected chi connectivity index (χ2v) is 5.93. The maximum absolute atomic E-state index is 14.8. The number of halogens is 1. The van der Waals surface area contributed by atoms with E-state index in [2.05, 4.69) is 25.4 Å². The summed E-state index contributed by atoms with van der Waals surface area (Å²) in [7, 11) is 0. The van der Waals surface area contributed by atoms with Gasteiger partial charge in [-0.25, -0.2) is 9.37 Å². The van der Waals surface area contributed by atoms with E-state index in [4.69, 9.17) is 9.47 Å². The molecule has 1 fully saturated rings. The van der Waals surface area contributed by atoms with Gasteiger partial charge in [-0.15, -0.1) is 5.10 Å². The molecule has 3 aromatic rings. The van der Waals surface area contributed by atoms with Crippen molar-refractivity contribution >= 4 is 11.6 Å². The maximum atomic E-state index is 14.8. The zero-order valence-electron chi connectivity index (χ0n) is 14.1. The van der Waals surface area contributed by atoms with Gasteiger partial charge in [-0.3, -0.25) is 4.98 Å². The van der Waals surface area contributed by atoms with Crippen molar-refractivity contribution in [1.82, 2.24) is 24.7 Å². The van der Waals surface area contributed by atoms with E-state index in [0.717, 1.165) is 12.0 Å². The lowest BCUT2D eigenvalue weighted by atomic mass is 10.2. The van der Waals surface area contributed by atoms with Crippen LogP contribution in [0.5, 0.6) is 5.75 Å². The zero-order valence-corrected chi connectivity index (χ0v) is 14.1. The summed E-state index contributed by atoms with van der Waals surface area (Å²) in [5, 5.41) is 7.13. The molecule has 1 aromatic carbocycles. The number of rotatable bonds is 5. The van der Waals surface area contributed by atoms with Gasteiger partial charge in [0.15, 0.2) is 17.4 Å². The van der Waals surface area contributed by atoms with Gasteiger partial charge in [0.25, 0.3) is 0 Å². The number of nitrogens with zero attached hydrogens (tertiary/aromatic N) is 5. The SMILES string of the molecule is Cc1cc(Nc2ncn(-c3cnccn3)n2)c(F)c(OC2CCOC2)c1. The molecule has 2 aromatic heterocycles. The summed E-state index contributed by atoms with van der Waals surface area (Å²) in [4.78, 5) is 12.3. The zero-order chi connectivity index (χ0) is 17.9. The van der Waals surface area contributed by atoms with E-state index in [-0.39, 0.29) is 23.5 Å². The van der Waals surface area contributed by atoms with Gasteiger partial charge in [0.05, 0.1) is 25.1 Å². The fourth-order valence-electron chi connectivity index (χ4n) is 2.66. The molecule has 1 aliphatic rings. The van der Waals surface area contributed by atoms with Gasteiger partial charge in [0, 0.05) is 18.8 Å². The lowest BCUT2D eigenvalue weighted by molar-refractivity contribution is 0.138. The maximum Gasteiger partial charge on any atom is 0.247 e. The van der Waals surface area contributed by atoms with Crippen LogP contribution in [-0.4, -0.2) is 44.1 Å². The Morgan fingerprint density at radius 3 is 3.00 bits per heavy atom. The Morgan fingerprint density at radius 2 is 2.23 bits per heavy atom. The van der Waals surface area contributed by atoms with Crippen molar-refractivity contribution in [3.05, 3.63) is 48.4 Å². The van der Waals surface area contributed by atoms with Crippen LogP contribution >= 0.6 is 0 Å². The molecule has 1 atom stereocenters. The number of hydrogen-bond acceptors (Lipinski definition) is 7. The number of aryl methyl sites for hydroxylation is 1. The molecule has 0 bridgehead atoms. The molecule has 0 radical (unpaired) electrons. The molecule has 134 valence electrons. The van der Waals surface area contributed by atoms with E-state index in [1.807, 2.05) is 6.92 Å². The molecule has 0 amide bonds. The molecule has 8 nitrogen and oxygen atoms in total.